The fraction of sp³-hybridized carbons (Fsp3) is 0.462. The van der Waals surface area contributed by atoms with Crippen molar-refractivity contribution in [3.63, 3.8) is 0 Å². The zero-order valence-electron chi connectivity index (χ0n) is 10.4. The molecule has 1 aromatic rings. The number of carbonyl (C=O) groups excluding carboxylic acids is 1. The zero-order chi connectivity index (χ0) is 13.0. The van der Waals surface area contributed by atoms with Gasteiger partial charge in [0.25, 0.3) is 0 Å². The molecule has 1 fully saturated rings. The van der Waals surface area contributed by atoms with Gasteiger partial charge in [0.1, 0.15) is 6.61 Å². The third kappa shape index (κ3) is 4.84. The van der Waals surface area contributed by atoms with Crippen molar-refractivity contribution >= 4 is 41.6 Å². The minimum Gasteiger partial charge on any atom is -0.461 e. The van der Waals surface area contributed by atoms with Gasteiger partial charge in [-0.2, -0.15) is 0 Å². The Balaban J connectivity index is 0.00000180. The van der Waals surface area contributed by atoms with E-state index in [4.69, 9.17) is 27.9 Å². The molecule has 1 aliphatic heterocycles. The second-order valence-electron chi connectivity index (χ2n) is 4.31. The van der Waals surface area contributed by atoms with Crippen molar-refractivity contribution in [3.8, 4) is 0 Å². The summed E-state index contributed by atoms with van der Waals surface area (Å²) < 4.78 is 5.20. The number of nitrogens with zero attached hydrogens (tertiary/aromatic N) is 1. The van der Waals surface area contributed by atoms with E-state index >= 15 is 0 Å². The first-order valence-electron chi connectivity index (χ1n) is 6.01. The molecular weight excluding hydrogens is 309 g/mol. The van der Waals surface area contributed by atoms with Gasteiger partial charge in [-0.05, 0) is 44.1 Å². The van der Waals surface area contributed by atoms with Crippen LogP contribution in [-0.4, -0.2) is 37.1 Å². The highest BCUT2D eigenvalue weighted by molar-refractivity contribution is 6.36. The molecule has 0 bridgehead atoms. The summed E-state index contributed by atoms with van der Waals surface area (Å²) in [6.07, 6.45) is 2.47. The van der Waals surface area contributed by atoms with Gasteiger partial charge in [-0.1, -0.05) is 23.2 Å². The Morgan fingerprint density at radius 2 is 1.95 bits per heavy atom. The van der Waals surface area contributed by atoms with Crippen LogP contribution in [0.15, 0.2) is 18.2 Å². The minimum atomic E-state index is -0.393. The predicted molar refractivity (Wildman–Crippen MR) is 79.7 cm³/mol. The Labute approximate surface area is 129 Å². The van der Waals surface area contributed by atoms with Crippen molar-refractivity contribution < 1.29 is 9.53 Å². The lowest BCUT2D eigenvalue weighted by Crippen LogP contribution is -2.25. The highest BCUT2D eigenvalue weighted by Gasteiger charge is 2.14. The largest absolute Gasteiger partial charge is 0.461 e. The molecule has 0 atom stereocenters. The van der Waals surface area contributed by atoms with Crippen LogP contribution in [-0.2, 0) is 4.74 Å². The first-order chi connectivity index (χ1) is 8.66. The van der Waals surface area contributed by atoms with E-state index in [0.29, 0.717) is 22.2 Å². The first kappa shape index (κ1) is 16.6. The van der Waals surface area contributed by atoms with Gasteiger partial charge in [0.2, 0.25) is 0 Å². The summed E-state index contributed by atoms with van der Waals surface area (Å²) >= 11 is 11.7. The number of rotatable bonds is 4. The third-order valence-corrected chi connectivity index (χ3v) is 3.54. The number of ether oxygens (including phenoxy) is 1. The van der Waals surface area contributed by atoms with Crippen molar-refractivity contribution in [2.45, 2.75) is 12.8 Å². The Morgan fingerprint density at radius 3 is 2.58 bits per heavy atom. The normalized spacial score (nSPS) is 15.1. The molecule has 1 heterocycles. The van der Waals surface area contributed by atoms with Crippen LogP contribution < -0.4 is 0 Å². The zero-order valence-corrected chi connectivity index (χ0v) is 12.7. The van der Waals surface area contributed by atoms with Crippen LogP contribution in [0.1, 0.15) is 23.2 Å². The monoisotopic (exact) mass is 323 g/mol. The van der Waals surface area contributed by atoms with E-state index in [0.717, 1.165) is 19.6 Å². The number of hydrogen-bond donors (Lipinski definition) is 0. The molecule has 0 spiro atoms. The van der Waals surface area contributed by atoms with Gasteiger partial charge in [-0.25, -0.2) is 4.79 Å². The second-order valence-corrected chi connectivity index (χ2v) is 5.15. The number of benzene rings is 1. The molecule has 1 saturated heterocycles. The van der Waals surface area contributed by atoms with Crippen LogP contribution >= 0.6 is 35.6 Å². The van der Waals surface area contributed by atoms with Gasteiger partial charge in [-0.15, -0.1) is 12.4 Å². The fourth-order valence-electron chi connectivity index (χ4n) is 2.01. The van der Waals surface area contributed by atoms with Crippen LogP contribution in [0, 0.1) is 0 Å². The molecule has 0 N–H and O–H groups in total. The topological polar surface area (TPSA) is 29.5 Å². The van der Waals surface area contributed by atoms with Crippen molar-refractivity contribution in [1.29, 1.82) is 0 Å². The average Bonchev–Trinajstić information content (AvgIpc) is 2.81. The number of hydrogen-bond acceptors (Lipinski definition) is 3. The van der Waals surface area contributed by atoms with Crippen molar-refractivity contribution in [1.82, 2.24) is 4.90 Å². The summed E-state index contributed by atoms with van der Waals surface area (Å²) in [5.74, 6) is -0.393. The highest BCUT2D eigenvalue weighted by Crippen LogP contribution is 2.21. The molecule has 106 valence electrons. The predicted octanol–water partition coefficient (Wildman–Crippen LogP) is 3.67. The van der Waals surface area contributed by atoms with Crippen LogP contribution in [0.2, 0.25) is 10.0 Å². The lowest BCUT2D eigenvalue weighted by Gasteiger charge is -2.14. The van der Waals surface area contributed by atoms with E-state index in [1.165, 1.54) is 12.8 Å². The van der Waals surface area contributed by atoms with Gasteiger partial charge in [0.15, 0.2) is 0 Å². The molecule has 2 rings (SSSR count). The van der Waals surface area contributed by atoms with E-state index in [1.807, 2.05) is 0 Å². The van der Waals surface area contributed by atoms with E-state index < -0.39 is 5.97 Å². The summed E-state index contributed by atoms with van der Waals surface area (Å²) in [4.78, 5) is 14.1. The Bertz CT molecular complexity index is 434. The quantitative estimate of drug-likeness (QED) is 0.792. The summed E-state index contributed by atoms with van der Waals surface area (Å²) in [7, 11) is 0. The molecule has 19 heavy (non-hydrogen) atoms. The van der Waals surface area contributed by atoms with Crippen LogP contribution in [0.4, 0.5) is 0 Å². The first-order valence-corrected chi connectivity index (χ1v) is 6.77. The van der Waals surface area contributed by atoms with Gasteiger partial charge < -0.3 is 4.74 Å². The molecule has 0 radical (unpaired) electrons. The number of esters is 1. The van der Waals surface area contributed by atoms with Crippen LogP contribution in [0.5, 0.6) is 0 Å². The molecule has 0 aliphatic carbocycles. The second kappa shape index (κ2) is 7.95. The molecule has 3 nitrogen and oxygen atoms in total. The van der Waals surface area contributed by atoms with E-state index in [2.05, 4.69) is 4.90 Å². The van der Waals surface area contributed by atoms with Gasteiger partial charge in [0, 0.05) is 11.6 Å². The van der Waals surface area contributed by atoms with Crippen molar-refractivity contribution in [2.24, 2.45) is 0 Å². The molecule has 1 aliphatic rings. The molecule has 0 amide bonds. The maximum atomic E-state index is 11.8. The molecule has 1 aromatic carbocycles. The summed E-state index contributed by atoms with van der Waals surface area (Å²) in [6.45, 7) is 3.38. The summed E-state index contributed by atoms with van der Waals surface area (Å²) in [6, 6.07) is 4.76. The maximum absolute atomic E-state index is 11.8. The highest BCUT2D eigenvalue weighted by atomic mass is 35.5. The maximum Gasteiger partial charge on any atom is 0.339 e. The van der Waals surface area contributed by atoms with Crippen molar-refractivity contribution in [2.75, 3.05) is 26.2 Å². The number of halogens is 3. The van der Waals surface area contributed by atoms with Crippen molar-refractivity contribution in [3.05, 3.63) is 33.8 Å². The van der Waals surface area contributed by atoms with Gasteiger partial charge >= 0.3 is 5.97 Å². The SMILES string of the molecule is Cl.O=C(OCCN1CCCC1)c1ccc(Cl)cc1Cl. The number of likely N-dealkylation sites (tertiary alicyclic amines) is 1. The Morgan fingerprint density at radius 1 is 1.26 bits per heavy atom. The Kier molecular flexibility index (Phi) is 6.94. The Hall–Kier alpha value is -0.480. The van der Waals surface area contributed by atoms with Gasteiger partial charge in [-0.3, -0.25) is 4.90 Å². The molecule has 0 saturated carbocycles. The molecule has 0 unspecified atom stereocenters. The third-order valence-electron chi connectivity index (χ3n) is 2.99. The summed E-state index contributed by atoms with van der Waals surface area (Å²) in [5, 5.41) is 0.835. The van der Waals surface area contributed by atoms with Crippen LogP contribution in [0.3, 0.4) is 0 Å². The van der Waals surface area contributed by atoms with Crippen LogP contribution in [0.25, 0.3) is 0 Å². The average molecular weight is 325 g/mol. The fourth-order valence-corrected chi connectivity index (χ4v) is 2.49. The van der Waals surface area contributed by atoms with E-state index in [1.54, 1.807) is 18.2 Å². The lowest BCUT2D eigenvalue weighted by molar-refractivity contribution is 0.0472. The lowest BCUT2D eigenvalue weighted by atomic mass is 10.2. The minimum absolute atomic E-state index is 0. The number of carbonyl (C=O) groups is 1. The van der Waals surface area contributed by atoms with E-state index in [-0.39, 0.29) is 12.4 Å². The summed E-state index contributed by atoms with van der Waals surface area (Å²) in [5.41, 5.74) is 0.363. The smallest absolute Gasteiger partial charge is 0.339 e. The molecule has 0 aromatic heterocycles. The van der Waals surface area contributed by atoms with Gasteiger partial charge in [0.05, 0.1) is 10.6 Å². The standard InChI is InChI=1S/C13H15Cl2NO2.ClH/c14-10-3-4-11(12(15)9-10)13(17)18-8-7-16-5-1-2-6-16;/h3-4,9H,1-2,5-8H2;1H. The van der Waals surface area contributed by atoms with E-state index in [9.17, 15) is 4.79 Å². The molecular formula is C13H16Cl3NO2. The molecule has 6 heteroatoms.